The summed E-state index contributed by atoms with van der Waals surface area (Å²) in [5.74, 6) is -1.58. The molecular weight excluding hydrogens is 370 g/mol. The number of hydrogen-bond acceptors (Lipinski definition) is 6. The standard InChI is InChI=1S/C19H16F2N4O3/c1-27-16-4-3-10(20)5-12(16)15-8-17(24-9-23-15)25-11-6-13(19(22)26)18(28-2)14(21)7-11/h3-9H,1-2H3,(H2,22,26)(H,23,24,25). The van der Waals surface area contributed by atoms with Crippen molar-refractivity contribution < 1.29 is 23.0 Å². The number of benzene rings is 2. The molecule has 9 heteroatoms. The van der Waals surface area contributed by atoms with Crippen LogP contribution >= 0.6 is 0 Å². The summed E-state index contributed by atoms with van der Waals surface area (Å²) >= 11 is 0. The largest absolute Gasteiger partial charge is 0.496 e. The minimum atomic E-state index is -0.840. The lowest BCUT2D eigenvalue weighted by Gasteiger charge is -2.12. The Labute approximate surface area is 159 Å². The van der Waals surface area contributed by atoms with Crippen LogP contribution in [0.4, 0.5) is 20.3 Å². The van der Waals surface area contributed by atoms with Crippen LogP contribution < -0.4 is 20.5 Å². The zero-order valence-corrected chi connectivity index (χ0v) is 15.0. The van der Waals surface area contributed by atoms with E-state index in [1.165, 1.54) is 50.9 Å². The van der Waals surface area contributed by atoms with Crippen molar-refractivity contribution in [2.45, 2.75) is 0 Å². The predicted octanol–water partition coefficient (Wildman–Crippen LogP) is 3.28. The van der Waals surface area contributed by atoms with Gasteiger partial charge >= 0.3 is 0 Å². The van der Waals surface area contributed by atoms with Gasteiger partial charge in [0.25, 0.3) is 5.91 Å². The molecule has 0 fully saturated rings. The van der Waals surface area contributed by atoms with Crippen LogP contribution in [0.5, 0.6) is 11.5 Å². The Kier molecular flexibility index (Phi) is 5.35. The average Bonchev–Trinajstić information content (AvgIpc) is 2.67. The van der Waals surface area contributed by atoms with Crippen LogP contribution in [0.1, 0.15) is 10.4 Å². The summed E-state index contributed by atoms with van der Waals surface area (Å²) in [4.78, 5) is 19.7. The van der Waals surface area contributed by atoms with Gasteiger partial charge in [0.15, 0.2) is 11.6 Å². The maximum absolute atomic E-state index is 14.2. The Balaban J connectivity index is 1.99. The maximum Gasteiger partial charge on any atom is 0.252 e. The van der Waals surface area contributed by atoms with E-state index in [0.717, 1.165) is 6.07 Å². The van der Waals surface area contributed by atoms with E-state index >= 15 is 0 Å². The second-order valence-corrected chi connectivity index (χ2v) is 5.66. The summed E-state index contributed by atoms with van der Waals surface area (Å²) in [5, 5.41) is 2.86. The van der Waals surface area contributed by atoms with Crippen molar-refractivity contribution in [1.29, 1.82) is 0 Å². The van der Waals surface area contributed by atoms with Crippen LogP contribution in [0.25, 0.3) is 11.3 Å². The van der Waals surface area contributed by atoms with Crippen molar-refractivity contribution in [2.75, 3.05) is 19.5 Å². The molecule has 28 heavy (non-hydrogen) atoms. The summed E-state index contributed by atoms with van der Waals surface area (Å²) in [6.07, 6.45) is 1.26. The number of ether oxygens (including phenoxy) is 2. The smallest absolute Gasteiger partial charge is 0.252 e. The summed E-state index contributed by atoms with van der Waals surface area (Å²) < 4.78 is 37.9. The minimum absolute atomic E-state index is 0.119. The van der Waals surface area contributed by atoms with E-state index in [1.54, 1.807) is 0 Å². The van der Waals surface area contributed by atoms with Crippen molar-refractivity contribution in [2.24, 2.45) is 5.73 Å². The second-order valence-electron chi connectivity index (χ2n) is 5.66. The number of nitrogens with two attached hydrogens (primary N) is 1. The third-order valence-corrected chi connectivity index (χ3v) is 3.89. The number of anilines is 2. The van der Waals surface area contributed by atoms with E-state index in [-0.39, 0.29) is 22.8 Å². The van der Waals surface area contributed by atoms with Crippen LogP contribution in [-0.2, 0) is 0 Å². The lowest BCUT2D eigenvalue weighted by Crippen LogP contribution is -2.14. The molecule has 0 aliphatic carbocycles. The first-order valence-corrected chi connectivity index (χ1v) is 8.03. The monoisotopic (exact) mass is 386 g/mol. The molecule has 0 bridgehead atoms. The van der Waals surface area contributed by atoms with Gasteiger partial charge in [0, 0.05) is 23.4 Å². The van der Waals surface area contributed by atoms with Crippen molar-refractivity contribution >= 4 is 17.4 Å². The number of hydrogen-bond donors (Lipinski definition) is 2. The van der Waals surface area contributed by atoms with E-state index < -0.39 is 17.5 Å². The van der Waals surface area contributed by atoms with Crippen LogP contribution in [0.3, 0.4) is 0 Å². The van der Waals surface area contributed by atoms with E-state index in [0.29, 0.717) is 17.0 Å². The van der Waals surface area contributed by atoms with Crippen molar-refractivity contribution in [3.63, 3.8) is 0 Å². The Morgan fingerprint density at radius 2 is 1.86 bits per heavy atom. The third-order valence-electron chi connectivity index (χ3n) is 3.89. The van der Waals surface area contributed by atoms with Crippen molar-refractivity contribution in [1.82, 2.24) is 9.97 Å². The lowest BCUT2D eigenvalue weighted by atomic mass is 10.1. The SMILES string of the molecule is COc1ccc(F)cc1-c1cc(Nc2cc(F)c(OC)c(C(N)=O)c2)ncn1. The van der Waals surface area contributed by atoms with E-state index in [2.05, 4.69) is 15.3 Å². The van der Waals surface area contributed by atoms with Gasteiger partial charge in [0.2, 0.25) is 0 Å². The topological polar surface area (TPSA) is 99.4 Å². The molecule has 2 aromatic carbocycles. The molecule has 3 aromatic rings. The van der Waals surface area contributed by atoms with Crippen molar-refractivity contribution in [3.05, 3.63) is 59.9 Å². The number of primary amides is 1. The van der Waals surface area contributed by atoms with Gasteiger partial charge < -0.3 is 20.5 Å². The average molecular weight is 386 g/mol. The van der Waals surface area contributed by atoms with Gasteiger partial charge in [-0.3, -0.25) is 4.79 Å². The third kappa shape index (κ3) is 3.83. The molecule has 1 heterocycles. The van der Waals surface area contributed by atoms with E-state index in [4.69, 9.17) is 15.2 Å². The number of carbonyl (C=O) groups is 1. The van der Waals surface area contributed by atoms with E-state index in [1.807, 2.05) is 0 Å². The molecule has 7 nitrogen and oxygen atoms in total. The molecule has 144 valence electrons. The summed E-state index contributed by atoms with van der Waals surface area (Å²) in [6, 6.07) is 8.04. The molecular formula is C19H16F2N4O3. The normalized spacial score (nSPS) is 10.4. The highest BCUT2D eigenvalue weighted by Crippen LogP contribution is 2.31. The first-order valence-electron chi connectivity index (χ1n) is 8.03. The zero-order chi connectivity index (χ0) is 20.3. The molecule has 3 N–H and O–H groups in total. The number of nitrogens with zero attached hydrogens (tertiary/aromatic N) is 2. The molecule has 0 saturated carbocycles. The van der Waals surface area contributed by atoms with Crippen LogP contribution in [-0.4, -0.2) is 30.1 Å². The minimum Gasteiger partial charge on any atom is -0.496 e. The molecule has 0 unspecified atom stereocenters. The number of carbonyl (C=O) groups excluding carboxylic acids is 1. The Hall–Kier alpha value is -3.75. The van der Waals surface area contributed by atoms with Gasteiger partial charge in [-0.1, -0.05) is 0 Å². The zero-order valence-electron chi connectivity index (χ0n) is 15.0. The molecule has 0 aliphatic heterocycles. The summed E-state index contributed by atoms with van der Waals surface area (Å²) in [6.45, 7) is 0. The second kappa shape index (κ2) is 7.87. The van der Waals surface area contributed by atoms with Crippen LogP contribution in [0.15, 0.2) is 42.7 Å². The Morgan fingerprint density at radius 1 is 1.07 bits per heavy atom. The molecule has 1 aromatic heterocycles. The van der Waals surface area contributed by atoms with Crippen LogP contribution in [0, 0.1) is 11.6 Å². The highest BCUT2D eigenvalue weighted by atomic mass is 19.1. The van der Waals surface area contributed by atoms with E-state index in [9.17, 15) is 13.6 Å². The molecule has 0 aliphatic rings. The highest BCUT2D eigenvalue weighted by molar-refractivity contribution is 5.97. The number of amides is 1. The molecule has 0 spiro atoms. The molecule has 3 rings (SSSR count). The van der Waals surface area contributed by atoms with Gasteiger partial charge in [-0.25, -0.2) is 18.7 Å². The highest BCUT2D eigenvalue weighted by Gasteiger charge is 2.16. The van der Waals surface area contributed by atoms with Gasteiger partial charge in [0.05, 0.1) is 25.5 Å². The number of rotatable bonds is 6. The lowest BCUT2D eigenvalue weighted by molar-refractivity contribution is 0.0996. The van der Waals surface area contributed by atoms with Crippen molar-refractivity contribution in [3.8, 4) is 22.8 Å². The predicted molar refractivity (Wildman–Crippen MR) is 98.7 cm³/mol. The number of nitrogens with one attached hydrogen (secondary N) is 1. The van der Waals surface area contributed by atoms with Gasteiger partial charge in [-0.05, 0) is 24.3 Å². The van der Waals surface area contributed by atoms with Crippen LogP contribution in [0.2, 0.25) is 0 Å². The number of methoxy groups -OCH3 is 2. The molecule has 0 atom stereocenters. The maximum atomic E-state index is 14.2. The quantitative estimate of drug-likeness (QED) is 0.675. The number of aromatic nitrogens is 2. The first-order chi connectivity index (χ1) is 13.4. The van der Waals surface area contributed by atoms with Gasteiger partial charge in [-0.15, -0.1) is 0 Å². The molecule has 1 amide bonds. The Morgan fingerprint density at radius 3 is 2.54 bits per heavy atom. The van der Waals surface area contributed by atoms with Gasteiger partial charge in [-0.2, -0.15) is 0 Å². The summed E-state index contributed by atoms with van der Waals surface area (Å²) in [5.41, 5.74) is 6.19. The fourth-order valence-corrected chi connectivity index (χ4v) is 2.66. The first kappa shape index (κ1) is 19.0. The molecule has 0 saturated heterocycles. The molecule has 0 radical (unpaired) electrons. The fraction of sp³-hybridized carbons (Fsp3) is 0.105. The van der Waals surface area contributed by atoms with Gasteiger partial charge in [0.1, 0.15) is 23.7 Å². The number of halogens is 2. The fourth-order valence-electron chi connectivity index (χ4n) is 2.66. The Bertz CT molecular complexity index is 1040. The summed E-state index contributed by atoms with van der Waals surface area (Å²) in [7, 11) is 2.70.